The Hall–Kier alpha value is -1.88. The molecule has 1 aliphatic rings. The van der Waals surface area contributed by atoms with Gasteiger partial charge in [-0.25, -0.2) is 4.39 Å². The van der Waals surface area contributed by atoms with Gasteiger partial charge < -0.3 is 10.1 Å². The average Bonchev–Trinajstić information content (AvgIpc) is 2.78. The number of nitrogens with zero attached hydrogens (tertiary/aromatic N) is 2. The van der Waals surface area contributed by atoms with Crippen molar-refractivity contribution in [2.24, 2.45) is 7.05 Å². The molecule has 0 radical (unpaired) electrons. The first kappa shape index (κ1) is 14.1. The van der Waals surface area contributed by atoms with Crippen LogP contribution in [-0.4, -0.2) is 16.3 Å². The Labute approximate surface area is 123 Å². The van der Waals surface area contributed by atoms with Gasteiger partial charge in [0, 0.05) is 42.4 Å². The molecular weight excluding hydrogens is 269 g/mol. The lowest BCUT2D eigenvalue weighted by Crippen LogP contribution is -2.29. The van der Waals surface area contributed by atoms with Gasteiger partial charge in [0.2, 0.25) is 0 Å². The largest absolute Gasteiger partial charge is 0.485 e. The van der Waals surface area contributed by atoms with E-state index in [9.17, 15) is 4.39 Å². The molecule has 0 saturated heterocycles. The first-order valence-corrected chi connectivity index (χ1v) is 7.28. The molecule has 0 saturated carbocycles. The Morgan fingerprint density at radius 1 is 1.43 bits per heavy atom. The molecule has 0 fully saturated rings. The second kappa shape index (κ2) is 5.48. The van der Waals surface area contributed by atoms with E-state index in [-0.39, 0.29) is 18.0 Å². The minimum atomic E-state index is -0.271. The van der Waals surface area contributed by atoms with Crippen LogP contribution in [0.2, 0.25) is 0 Å². The van der Waals surface area contributed by atoms with Crippen LogP contribution in [-0.2, 0) is 7.05 Å². The molecule has 2 atom stereocenters. The lowest BCUT2D eigenvalue weighted by molar-refractivity contribution is 0.150. The molecule has 112 valence electrons. The third kappa shape index (κ3) is 2.53. The van der Waals surface area contributed by atoms with Crippen LogP contribution in [0.4, 0.5) is 4.39 Å². The second-order valence-electron chi connectivity index (χ2n) is 5.44. The molecule has 0 spiro atoms. The molecule has 1 aliphatic heterocycles. The number of fused-ring (bicyclic) bond motifs is 1. The highest BCUT2D eigenvalue weighted by Gasteiger charge is 2.30. The quantitative estimate of drug-likeness (QED) is 0.944. The normalized spacial score (nSPS) is 21.0. The summed E-state index contributed by atoms with van der Waals surface area (Å²) in [6.07, 6.45) is 2.56. The SMILES string of the molecule is CCNC1CC(c2cnn(C)c2C)Oc2cc(F)ccc21. The average molecular weight is 289 g/mol. The smallest absolute Gasteiger partial charge is 0.129 e. The van der Waals surface area contributed by atoms with Gasteiger partial charge in [-0.1, -0.05) is 13.0 Å². The van der Waals surface area contributed by atoms with Crippen molar-refractivity contribution in [1.29, 1.82) is 0 Å². The van der Waals surface area contributed by atoms with Crippen molar-refractivity contribution in [2.45, 2.75) is 32.4 Å². The van der Waals surface area contributed by atoms with Gasteiger partial charge in [0.15, 0.2) is 0 Å². The Balaban J connectivity index is 1.98. The van der Waals surface area contributed by atoms with Gasteiger partial charge in [-0.2, -0.15) is 5.10 Å². The molecule has 0 amide bonds. The number of rotatable bonds is 3. The van der Waals surface area contributed by atoms with Gasteiger partial charge in [0.1, 0.15) is 17.7 Å². The summed E-state index contributed by atoms with van der Waals surface area (Å²) < 4.78 is 21.4. The van der Waals surface area contributed by atoms with Gasteiger partial charge in [0.05, 0.1) is 6.20 Å². The highest BCUT2D eigenvalue weighted by molar-refractivity contribution is 5.40. The van der Waals surface area contributed by atoms with Crippen molar-refractivity contribution in [3.8, 4) is 5.75 Å². The van der Waals surface area contributed by atoms with E-state index in [0.29, 0.717) is 5.75 Å². The molecule has 2 aromatic rings. The Morgan fingerprint density at radius 3 is 2.90 bits per heavy atom. The number of aromatic nitrogens is 2. The van der Waals surface area contributed by atoms with E-state index >= 15 is 0 Å². The summed E-state index contributed by atoms with van der Waals surface area (Å²) >= 11 is 0. The zero-order valence-corrected chi connectivity index (χ0v) is 12.6. The Morgan fingerprint density at radius 2 is 2.24 bits per heavy atom. The van der Waals surface area contributed by atoms with Gasteiger partial charge >= 0.3 is 0 Å². The maximum atomic E-state index is 13.5. The summed E-state index contributed by atoms with van der Waals surface area (Å²) in [7, 11) is 1.91. The number of nitrogens with one attached hydrogen (secondary N) is 1. The molecular formula is C16H20FN3O. The summed E-state index contributed by atoms with van der Waals surface area (Å²) in [5.74, 6) is 0.355. The number of aryl methyl sites for hydroxylation is 1. The van der Waals surface area contributed by atoms with Crippen LogP contribution in [0.25, 0.3) is 0 Å². The number of ether oxygens (including phenoxy) is 1. The molecule has 0 aliphatic carbocycles. The molecule has 1 N–H and O–H groups in total. The summed E-state index contributed by atoms with van der Waals surface area (Å²) in [5.41, 5.74) is 3.17. The van der Waals surface area contributed by atoms with E-state index in [1.165, 1.54) is 12.1 Å². The number of halogens is 1. The van der Waals surface area contributed by atoms with Crippen LogP contribution in [0.1, 0.15) is 42.3 Å². The molecule has 2 heterocycles. The van der Waals surface area contributed by atoms with E-state index in [1.54, 1.807) is 0 Å². The van der Waals surface area contributed by atoms with E-state index in [4.69, 9.17) is 4.74 Å². The standard InChI is InChI=1S/C16H20FN3O/c1-4-18-14-8-16(13-9-19-20(3)10(13)2)21-15-7-11(17)5-6-12(14)15/h5-7,9,14,16,18H,4,8H2,1-3H3. The van der Waals surface area contributed by atoms with Crippen LogP contribution in [0.15, 0.2) is 24.4 Å². The Bertz CT molecular complexity index is 653. The third-order valence-electron chi connectivity index (χ3n) is 4.14. The van der Waals surface area contributed by atoms with Crippen molar-refractivity contribution >= 4 is 0 Å². The lowest BCUT2D eigenvalue weighted by atomic mass is 9.93. The van der Waals surface area contributed by atoms with Crippen LogP contribution >= 0.6 is 0 Å². The highest BCUT2D eigenvalue weighted by atomic mass is 19.1. The fourth-order valence-corrected chi connectivity index (χ4v) is 2.90. The van der Waals surface area contributed by atoms with Gasteiger partial charge in [-0.3, -0.25) is 4.68 Å². The number of hydrogen-bond acceptors (Lipinski definition) is 3. The van der Waals surface area contributed by atoms with E-state index < -0.39 is 0 Å². The molecule has 21 heavy (non-hydrogen) atoms. The fourth-order valence-electron chi connectivity index (χ4n) is 2.90. The van der Waals surface area contributed by atoms with Crippen LogP contribution in [0.3, 0.4) is 0 Å². The Kier molecular flexibility index (Phi) is 3.68. The fraction of sp³-hybridized carbons (Fsp3) is 0.438. The first-order valence-electron chi connectivity index (χ1n) is 7.28. The summed E-state index contributed by atoms with van der Waals surface area (Å²) in [6, 6.07) is 4.94. The zero-order valence-electron chi connectivity index (χ0n) is 12.6. The first-order chi connectivity index (χ1) is 10.1. The molecule has 3 rings (SSSR count). The van der Waals surface area contributed by atoms with Crippen molar-refractivity contribution in [3.63, 3.8) is 0 Å². The van der Waals surface area contributed by atoms with E-state index in [0.717, 1.165) is 29.8 Å². The maximum absolute atomic E-state index is 13.5. The van der Waals surface area contributed by atoms with Crippen LogP contribution < -0.4 is 10.1 Å². The topological polar surface area (TPSA) is 39.1 Å². The monoisotopic (exact) mass is 289 g/mol. The van der Waals surface area contributed by atoms with Crippen molar-refractivity contribution < 1.29 is 9.13 Å². The zero-order chi connectivity index (χ0) is 15.0. The molecule has 1 aromatic heterocycles. The molecule has 1 aromatic carbocycles. The summed E-state index contributed by atoms with van der Waals surface area (Å²) in [6.45, 7) is 4.96. The van der Waals surface area contributed by atoms with Crippen molar-refractivity contribution in [2.75, 3.05) is 6.54 Å². The van der Waals surface area contributed by atoms with Gasteiger partial charge in [-0.15, -0.1) is 0 Å². The lowest BCUT2D eigenvalue weighted by Gasteiger charge is -2.32. The predicted molar refractivity (Wildman–Crippen MR) is 78.7 cm³/mol. The molecule has 5 heteroatoms. The van der Waals surface area contributed by atoms with Crippen molar-refractivity contribution in [1.82, 2.24) is 15.1 Å². The van der Waals surface area contributed by atoms with E-state index in [1.807, 2.05) is 30.9 Å². The van der Waals surface area contributed by atoms with Crippen LogP contribution in [0.5, 0.6) is 5.75 Å². The third-order valence-corrected chi connectivity index (χ3v) is 4.14. The number of hydrogen-bond donors (Lipinski definition) is 1. The molecule has 4 nitrogen and oxygen atoms in total. The van der Waals surface area contributed by atoms with E-state index in [2.05, 4.69) is 17.3 Å². The number of benzene rings is 1. The van der Waals surface area contributed by atoms with Gasteiger partial charge in [-0.05, 0) is 19.5 Å². The van der Waals surface area contributed by atoms with Gasteiger partial charge in [0.25, 0.3) is 0 Å². The molecule has 0 bridgehead atoms. The minimum Gasteiger partial charge on any atom is -0.485 e. The maximum Gasteiger partial charge on any atom is 0.129 e. The summed E-state index contributed by atoms with van der Waals surface area (Å²) in [5, 5.41) is 7.73. The van der Waals surface area contributed by atoms with Crippen molar-refractivity contribution in [3.05, 3.63) is 47.0 Å². The summed E-state index contributed by atoms with van der Waals surface area (Å²) in [4.78, 5) is 0. The minimum absolute atomic E-state index is 0.1000. The molecule has 2 unspecified atom stereocenters. The second-order valence-corrected chi connectivity index (χ2v) is 5.44. The highest BCUT2D eigenvalue weighted by Crippen LogP contribution is 2.41. The predicted octanol–water partition coefficient (Wildman–Crippen LogP) is 3.04. The van der Waals surface area contributed by atoms with Crippen LogP contribution in [0, 0.1) is 12.7 Å².